The molecule has 2 unspecified atom stereocenters. The topological polar surface area (TPSA) is 236 Å². The van der Waals surface area contributed by atoms with Gasteiger partial charge in [0, 0.05) is 65.6 Å². The van der Waals surface area contributed by atoms with Gasteiger partial charge in [0.2, 0.25) is 17.8 Å². The minimum Gasteiger partial charge on any atom is -0.376 e. The molecule has 7 N–H and O–H groups in total. The number of hydrogen-bond acceptors (Lipinski definition) is 15. The lowest BCUT2D eigenvalue weighted by Crippen LogP contribution is -2.33. The Bertz CT molecular complexity index is 1860. The summed E-state index contributed by atoms with van der Waals surface area (Å²) >= 11 is 0. The predicted molar refractivity (Wildman–Crippen MR) is 301 cm³/mol. The summed E-state index contributed by atoms with van der Waals surface area (Å²) in [4.78, 5) is 20.8. The Hall–Kier alpha value is -5.38. The molecule has 2 atom stereocenters. The minimum atomic E-state index is 0.344. The summed E-state index contributed by atoms with van der Waals surface area (Å²) in [5.41, 5.74) is 0. The molecule has 424 valence electrons. The number of nitrogens with zero attached hydrogens (tertiary/aromatic N) is 13. The van der Waals surface area contributed by atoms with Crippen molar-refractivity contribution in [3.63, 3.8) is 0 Å². The first-order valence-corrected chi connectivity index (χ1v) is 28.9. The van der Waals surface area contributed by atoms with Crippen molar-refractivity contribution in [2.24, 2.45) is 17.8 Å². The molecule has 5 fully saturated rings. The second kappa shape index (κ2) is 42.9. The number of anilines is 5. The Morgan fingerprint density at radius 1 is 0.446 bits per heavy atom. The highest BCUT2D eigenvalue weighted by atomic mass is 16.5. The zero-order valence-corrected chi connectivity index (χ0v) is 49.0. The van der Waals surface area contributed by atoms with E-state index in [-0.39, 0.29) is 0 Å². The molecule has 3 saturated carbocycles. The van der Waals surface area contributed by atoms with Gasteiger partial charge in [0.25, 0.3) is 0 Å². The molecule has 5 aliphatic rings. The molecule has 5 aromatic heterocycles. The van der Waals surface area contributed by atoms with E-state index < -0.39 is 0 Å². The van der Waals surface area contributed by atoms with Crippen LogP contribution in [-0.4, -0.2) is 123 Å². The normalized spacial score (nSPS) is 16.5. The number of aryl methyl sites for hydroxylation is 5. The number of hydrogen-bond donors (Lipinski definition) is 7. The van der Waals surface area contributed by atoms with Gasteiger partial charge in [0.1, 0.15) is 32.1 Å². The van der Waals surface area contributed by atoms with Crippen molar-refractivity contribution in [1.29, 1.82) is 0 Å². The predicted octanol–water partition coefficient (Wildman–Crippen LogP) is 9.11. The fourth-order valence-corrected chi connectivity index (χ4v) is 6.74. The van der Waals surface area contributed by atoms with Gasteiger partial charge in [-0.25, -0.2) is 14.0 Å². The second-order valence-corrected chi connectivity index (χ2v) is 16.7. The van der Waals surface area contributed by atoms with Crippen LogP contribution in [0.25, 0.3) is 0 Å². The molecule has 0 aromatic carbocycles. The molecular formula is C52H106N20O2+2. The van der Waals surface area contributed by atoms with Crippen LogP contribution in [0.2, 0.25) is 0 Å². The minimum absolute atomic E-state index is 0.344. The number of nitrogens with one attached hydrogen (secondary N) is 7. The van der Waals surface area contributed by atoms with Crippen LogP contribution in [0.15, 0.2) is 31.6 Å². The average molecular weight is 1040 g/mol. The van der Waals surface area contributed by atoms with Crippen LogP contribution < -0.4 is 35.9 Å². The van der Waals surface area contributed by atoms with E-state index in [4.69, 9.17) is 9.47 Å². The molecule has 22 nitrogen and oxygen atoms in total. The van der Waals surface area contributed by atoms with E-state index in [1.54, 1.807) is 19.0 Å². The molecular weight excluding hydrogens is 937 g/mol. The largest absolute Gasteiger partial charge is 0.376 e. The van der Waals surface area contributed by atoms with Gasteiger partial charge in [-0.15, -0.1) is 0 Å². The van der Waals surface area contributed by atoms with E-state index >= 15 is 0 Å². The maximum atomic E-state index is 5.50. The van der Waals surface area contributed by atoms with Gasteiger partial charge < -0.3 is 36.1 Å². The zero-order chi connectivity index (χ0) is 54.8. The van der Waals surface area contributed by atoms with Crippen molar-refractivity contribution in [2.45, 2.75) is 213 Å². The van der Waals surface area contributed by atoms with Crippen LogP contribution in [0.5, 0.6) is 0 Å². The smallest absolute Gasteiger partial charge is 0.347 e. The summed E-state index contributed by atoms with van der Waals surface area (Å²) in [7, 11) is 0. The van der Waals surface area contributed by atoms with Crippen molar-refractivity contribution in [3.8, 4) is 0 Å². The lowest BCUT2D eigenvalue weighted by atomic mass is 10.2. The Labute approximate surface area is 446 Å². The SMILES string of the molecule is CC.CC.CC.CC.CC.CC[n+]1cnc(NCC2CC2)[nH]1.CC[n+]1cnc(NCC2CC2)[nH]1.CCn1ncnc1NCC1CC1.CCn1ncnc1NCC1CCCO1.CCn1ncnc1NCC1CCCO1. The Morgan fingerprint density at radius 3 is 1.01 bits per heavy atom. The summed E-state index contributed by atoms with van der Waals surface area (Å²) in [6.45, 7) is 41.4. The number of ether oxygens (including phenoxy) is 2. The van der Waals surface area contributed by atoms with Crippen molar-refractivity contribution in [3.05, 3.63) is 31.6 Å². The number of aromatic nitrogens is 15. The van der Waals surface area contributed by atoms with E-state index in [0.717, 1.165) is 139 Å². The van der Waals surface area contributed by atoms with Gasteiger partial charge in [-0.3, -0.25) is 0 Å². The van der Waals surface area contributed by atoms with Crippen molar-refractivity contribution >= 4 is 29.7 Å². The molecule has 5 aromatic rings. The molecule has 2 aliphatic heterocycles. The zero-order valence-electron chi connectivity index (χ0n) is 49.0. The maximum Gasteiger partial charge on any atom is 0.347 e. The molecule has 0 bridgehead atoms. The molecule has 3 aliphatic carbocycles. The molecule has 22 heteroatoms. The van der Waals surface area contributed by atoms with Gasteiger partial charge in [0.05, 0.1) is 12.2 Å². The van der Waals surface area contributed by atoms with Crippen LogP contribution in [-0.2, 0) is 42.2 Å². The Kier molecular flexibility index (Phi) is 38.6. The van der Waals surface area contributed by atoms with Crippen LogP contribution in [0.4, 0.5) is 29.7 Å². The first-order valence-electron chi connectivity index (χ1n) is 28.9. The van der Waals surface area contributed by atoms with Crippen LogP contribution in [0.3, 0.4) is 0 Å². The maximum absolute atomic E-state index is 5.50. The van der Waals surface area contributed by atoms with E-state index in [2.05, 4.69) is 97.8 Å². The highest BCUT2D eigenvalue weighted by Gasteiger charge is 2.23. The molecule has 10 rings (SSSR count). The van der Waals surface area contributed by atoms with Gasteiger partial charge in [-0.1, -0.05) is 69.2 Å². The van der Waals surface area contributed by atoms with E-state index in [1.165, 1.54) is 51.4 Å². The van der Waals surface area contributed by atoms with Crippen LogP contribution in [0.1, 0.15) is 168 Å². The first kappa shape index (κ1) is 66.6. The lowest BCUT2D eigenvalue weighted by Gasteiger charge is -2.11. The first-order chi connectivity index (χ1) is 36.5. The third-order valence-corrected chi connectivity index (χ3v) is 11.4. The fraction of sp³-hybridized carbons (Fsp3) is 0.808. The summed E-state index contributed by atoms with van der Waals surface area (Å²) in [5, 5.41) is 34.9. The van der Waals surface area contributed by atoms with E-state index in [9.17, 15) is 0 Å². The number of rotatable bonds is 20. The van der Waals surface area contributed by atoms with Crippen LogP contribution in [0, 0.1) is 17.8 Å². The summed E-state index contributed by atoms with van der Waals surface area (Å²) in [5.74, 6) is 7.03. The standard InChI is InChI=1S/2C9H16N4O.3C8H14N4.5C2H6/c2*1-2-13-9(11-7-12-13)10-6-8-4-3-5-14-8;2*1-2-12-6-10-8(11-12)9-5-7-3-4-7;1-2-12-8(10-6-11-12)9-5-7-3-4-7;5*1-2/h2*7-8H,2-6H2,1H3,(H,10,11,12);2*6-7H,2-5H2,1H3,(H,9,11);6-7H,2-5H2,1H3,(H,9,10,11);5*1-2H3/p+2. The van der Waals surface area contributed by atoms with Crippen molar-refractivity contribution in [1.82, 2.24) is 64.5 Å². The van der Waals surface area contributed by atoms with Gasteiger partial charge in [-0.05, 0) is 127 Å². The Balaban J connectivity index is 0.000000443. The molecule has 0 amide bonds. The van der Waals surface area contributed by atoms with Gasteiger partial charge in [0.15, 0.2) is 0 Å². The second-order valence-electron chi connectivity index (χ2n) is 16.7. The molecule has 2 saturated heterocycles. The number of H-pyrrole nitrogens is 2. The van der Waals surface area contributed by atoms with E-state index in [0.29, 0.717) is 12.2 Å². The third kappa shape index (κ3) is 28.3. The number of aromatic amines is 2. The highest BCUT2D eigenvalue weighted by Crippen LogP contribution is 2.29. The summed E-state index contributed by atoms with van der Waals surface area (Å²) in [6.07, 6.45) is 21.9. The van der Waals surface area contributed by atoms with Crippen molar-refractivity contribution in [2.75, 3.05) is 72.5 Å². The fourth-order valence-electron chi connectivity index (χ4n) is 6.74. The molecule has 74 heavy (non-hydrogen) atoms. The molecule has 0 radical (unpaired) electrons. The van der Waals surface area contributed by atoms with Gasteiger partial charge in [-0.2, -0.15) is 49.8 Å². The quantitative estimate of drug-likeness (QED) is 0.0360. The lowest BCUT2D eigenvalue weighted by molar-refractivity contribution is -0.747. The van der Waals surface area contributed by atoms with E-state index in [1.807, 2.05) is 119 Å². The summed E-state index contributed by atoms with van der Waals surface area (Å²) in [6, 6.07) is 0. The monoisotopic (exact) mass is 1040 g/mol. The van der Waals surface area contributed by atoms with Gasteiger partial charge >= 0.3 is 24.6 Å². The molecule has 0 spiro atoms. The van der Waals surface area contributed by atoms with Crippen molar-refractivity contribution < 1.29 is 18.8 Å². The molecule has 7 heterocycles. The average Bonchev–Trinajstić information content (AvgIpc) is 4.17. The van der Waals surface area contributed by atoms with Crippen LogP contribution >= 0.6 is 0 Å². The highest BCUT2D eigenvalue weighted by molar-refractivity contribution is 5.25. The Morgan fingerprint density at radius 2 is 0.757 bits per heavy atom. The summed E-state index contributed by atoms with van der Waals surface area (Å²) < 4.78 is 20.5. The third-order valence-electron chi connectivity index (χ3n) is 11.4.